The number of anilines is 1. The summed E-state index contributed by atoms with van der Waals surface area (Å²) in [6.07, 6.45) is 6.20. The lowest BCUT2D eigenvalue weighted by Gasteiger charge is -2.37. The topological polar surface area (TPSA) is 43.9 Å². The Bertz CT molecular complexity index is 654. The molecule has 3 aliphatic heterocycles. The molecule has 0 aromatic heterocycles. The first-order valence-corrected chi connectivity index (χ1v) is 9.65. The lowest BCUT2D eigenvalue weighted by molar-refractivity contribution is -0.138. The van der Waals surface area contributed by atoms with Gasteiger partial charge in [-0.3, -0.25) is 14.5 Å². The third-order valence-corrected chi connectivity index (χ3v) is 5.84. The fourth-order valence-electron chi connectivity index (χ4n) is 4.46. The van der Waals surface area contributed by atoms with Crippen molar-refractivity contribution in [3.63, 3.8) is 0 Å². The molecule has 0 N–H and O–H groups in total. The van der Waals surface area contributed by atoms with Crippen LogP contribution in [0.25, 0.3) is 0 Å². The molecule has 2 amide bonds. The van der Waals surface area contributed by atoms with E-state index in [4.69, 9.17) is 0 Å². The number of piperidine rings is 1. The van der Waals surface area contributed by atoms with E-state index in [0.29, 0.717) is 6.54 Å². The second-order valence-electron chi connectivity index (χ2n) is 7.44. The smallest absolute Gasteiger partial charge is 0.241 e. The van der Waals surface area contributed by atoms with Crippen molar-refractivity contribution >= 4 is 17.5 Å². The molecule has 2 saturated heterocycles. The zero-order valence-electron chi connectivity index (χ0n) is 14.8. The summed E-state index contributed by atoms with van der Waals surface area (Å²) in [5, 5.41) is 0. The summed E-state index contributed by atoms with van der Waals surface area (Å²) in [4.78, 5) is 31.8. The highest BCUT2D eigenvalue weighted by molar-refractivity contribution is 5.97. The predicted octanol–water partition coefficient (Wildman–Crippen LogP) is 2.05. The van der Waals surface area contributed by atoms with Crippen molar-refractivity contribution in [2.45, 2.75) is 44.6 Å². The minimum Gasteiger partial charge on any atom is -0.341 e. The molecule has 3 heterocycles. The third-order valence-electron chi connectivity index (χ3n) is 5.84. The molecule has 134 valence electrons. The van der Waals surface area contributed by atoms with Gasteiger partial charge in [0.2, 0.25) is 11.8 Å². The average molecular weight is 341 g/mol. The number of hydrogen-bond acceptors (Lipinski definition) is 3. The number of fused-ring (bicyclic) bond motifs is 1. The number of carbonyl (C=O) groups excluding carboxylic acids is 2. The Hall–Kier alpha value is -1.88. The van der Waals surface area contributed by atoms with Crippen molar-refractivity contribution in [3.8, 4) is 0 Å². The molecule has 0 unspecified atom stereocenters. The van der Waals surface area contributed by atoms with E-state index in [1.807, 2.05) is 28.0 Å². The van der Waals surface area contributed by atoms with Crippen molar-refractivity contribution in [2.75, 3.05) is 37.6 Å². The van der Waals surface area contributed by atoms with Gasteiger partial charge in [0.15, 0.2) is 0 Å². The fourth-order valence-corrected chi connectivity index (χ4v) is 4.46. The van der Waals surface area contributed by atoms with Crippen LogP contribution in [0.1, 0.15) is 37.7 Å². The minimum atomic E-state index is -0.103. The Labute approximate surface area is 149 Å². The van der Waals surface area contributed by atoms with Gasteiger partial charge < -0.3 is 9.80 Å². The standard InChI is InChI=1S/C20H27N3O2/c24-19(23-14-10-16-7-1-2-8-17(16)23)15-22-13-4-3-9-18(22)20(25)21-11-5-6-12-21/h1-2,7-8,18H,3-6,9-15H2/t18-/m0/s1. The van der Waals surface area contributed by atoms with Crippen molar-refractivity contribution in [1.82, 2.24) is 9.80 Å². The van der Waals surface area contributed by atoms with Crippen LogP contribution in [-0.2, 0) is 16.0 Å². The van der Waals surface area contributed by atoms with Gasteiger partial charge in [0.25, 0.3) is 0 Å². The Morgan fingerprint density at radius 2 is 1.72 bits per heavy atom. The fraction of sp³-hybridized carbons (Fsp3) is 0.600. The molecule has 0 spiro atoms. The monoisotopic (exact) mass is 341 g/mol. The zero-order valence-corrected chi connectivity index (χ0v) is 14.8. The van der Waals surface area contributed by atoms with Crippen LogP contribution in [0.4, 0.5) is 5.69 Å². The SMILES string of the molecule is O=C([C@@H]1CCCCN1CC(=O)N1CCc2ccccc21)N1CCCC1. The molecule has 0 saturated carbocycles. The van der Waals surface area contributed by atoms with Gasteiger partial charge in [-0.2, -0.15) is 0 Å². The minimum absolute atomic E-state index is 0.103. The molecular weight excluding hydrogens is 314 g/mol. The van der Waals surface area contributed by atoms with Crippen molar-refractivity contribution in [1.29, 1.82) is 0 Å². The van der Waals surface area contributed by atoms with E-state index in [1.54, 1.807) is 0 Å². The number of carbonyl (C=O) groups is 2. The number of amides is 2. The predicted molar refractivity (Wildman–Crippen MR) is 97.5 cm³/mol. The summed E-state index contributed by atoms with van der Waals surface area (Å²) < 4.78 is 0. The summed E-state index contributed by atoms with van der Waals surface area (Å²) in [6, 6.07) is 8.05. The molecule has 0 radical (unpaired) electrons. The van der Waals surface area contributed by atoms with Crippen molar-refractivity contribution in [3.05, 3.63) is 29.8 Å². The molecule has 25 heavy (non-hydrogen) atoms. The normalized spacial score (nSPS) is 23.8. The molecule has 5 nitrogen and oxygen atoms in total. The lowest BCUT2D eigenvalue weighted by Crippen LogP contribution is -2.53. The molecule has 3 aliphatic rings. The molecule has 0 aliphatic carbocycles. The first-order chi connectivity index (χ1) is 12.2. The molecule has 1 atom stereocenters. The summed E-state index contributed by atoms with van der Waals surface area (Å²) in [5.41, 5.74) is 2.30. The van der Waals surface area contributed by atoms with Crippen LogP contribution in [0, 0.1) is 0 Å². The van der Waals surface area contributed by atoms with E-state index in [1.165, 1.54) is 5.56 Å². The van der Waals surface area contributed by atoms with Crippen molar-refractivity contribution < 1.29 is 9.59 Å². The van der Waals surface area contributed by atoms with E-state index >= 15 is 0 Å². The Morgan fingerprint density at radius 3 is 2.56 bits per heavy atom. The first kappa shape index (κ1) is 16.6. The molecular formula is C20H27N3O2. The zero-order chi connectivity index (χ0) is 17.2. The number of likely N-dealkylation sites (tertiary alicyclic amines) is 2. The summed E-state index contributed by atoms with van der Waals surface area (Å²) in [7, 11) is 0. The van der Waals surface area contributed by atoms with Crippen LogP contribution >= 0.6 is 0 Å². The van der Waals surface area contributed by atoms with Crippen LogP contribution in [0.5, 0.6) is 0 Å². The van der Waals surface area contributed by atoms with Gasteiger partial charge >= 0.3 is 0 Å². The van der Waals surface area contributed by atoms with E-state index in [0.717, 1.165) is 70.4 Å². The number of nitrogens with zero attached hydrogens (tertiary/aromatic N) is 3. The average Bonchev–Trinajstić information content (AvgIpc) is 3.31. The Morgan fingerprint density at radius 1 is 0.960 bits per heavy atom. The summed E-state index contributed by atoms with van der Waals surface area (Å²) in [5.74, 6) is 0.373. The second kappa shape index (κ2) is 7.16. The van der Waals surface area contributed by atoms with E-state index in [-0.39, 0.29) is 17.9 Å². The maximum absolute atomic E-state index is 12.9. The Kier molecular flexibility index (Phi) is 4.75. The molecule has 1 aromatic rings. The van der Waals surface area contributed by atoms with Gasteiger partial charge in [-0.1, -0.05) is 24.6 Å². The maximum Gasteiger partial charge on any atom is 0.241 e. The molecule has 4 rings (SSSR count). The van der Waals surface area contributed by atoms with Crippen molar-refractivity contribution in [2.24, 2.45) is 0 Å². The van der Waals surface area contributed by atoms with E-state index < -0.39 is 0 Å². The molecule has 5 heteroatoms. The molecule has 2 fully saturated rings. The first-order valence-electron chi connectivity index (χ1n) is 9.65. The highest BCUT2D eigenvalue weighted by Gasteiger charge is 2.35. The molecule has 1 aromatic carbocycles. The number of benzene rings is 1. The van der Waals surface area contributed by atoms with Crippen LogP contribution in [0.15, 0.2) is 24.3 Å². The number of rotatable bonds is 3. The van der Waals surface area contributed by atoms with Crippen LogP contribution < -0.4 is 4.90 Å². The molecule has 0 bridgehead atoms. The third kappa shape index (κ3) is 3.30. The Balaban J connectivity index is 1.45. The number of hydrogen-bond donors (Lipinski definition) is 0. The van der Waals surface area contributed by atoms with E-state index in [2.05, 4.69) is 11.0 Å². The quantitative estimate of drug-likeness (QED) is 0.845. The van der Waals surface area contributed by atoms with Gasteiger partial charge in [-0.15, -0.1) is 0 Å². The summed E-state index contributed by atoms with van der Waals surface area (Å²) in [6.45, 7) is 3.74. The number of para-hydroxylation sites is 1. The van der Waals surface area contributed by atoms with Crippen LogP contribution in [0.2, 0.25) is 0 Å². The van der Waals surface area contributed by atoms with Gasteiger partial charge in [0, 0.05) is 25.3 Å². The highest BCUT2D eigenvalue weighted by atomic mass is 16.2. The van der Waals surface area contributed by atoms with Gasteiger partial charge in [0.05, 0.1) is 12.6 Å². The largest absolute Gasteiger partial charge is 0.341 e. The van der Waals surface area contributed by atoms with Gasteiger partial charge in [0.1, 0.15) is 0 Å². The van der Waals surface area contributed by atoms with Crippen LogP contribution in [0.3, 0.4) is 0 Å². The lowest BCUT2D eigenvalue weighted by atomic mass is 10.0. The van der Waals surface area contributed by atoms with E-state index in [9.17, 15) is 9.59 Å². The summed E-state index contributed by atoms with van der Waals surface area (Å²) >= 11 is 0. The van der Waals surface area contributed by atoms with Crippen LogP contribution in [-0.4, -0.2) is 60.4 Å². The highest BCUT2D eigenvalue weighted by Crippen LogP contribution is 2.28. The van der Waals surface area contributed by atoms with Gasteiger partial charge in [-0.05, 0) is 50.3 Å². The van der Waals surface area contributed by atoms with Gasteiger partial charge in [-0.25, -0.2) is 0 Å². The second-order valence-corrected chi connectivity index (χ2v) is 7.44. The maximum atomic E-state index is 12.9.